The Morgan fingerprint density at radius 1 is 1.33 bits per heavy atom. The summed E-state index contributed by atoms with van der Waals surface area (Å²) in [4.78, 5) is 8.42. The van der Waals surface area contributed by atoms with Crippen LogP contribution in [0.1, 0.15) is 29.0 Å². The Bertz CT molecular complexity index is 660. The molecule has 0 radical (unpaired) electrons. The van der Waals surface area contributed by atoms with Crippen molar-refractivity contribution in [1.82, 2.24) is 9.88 Å². The van der Waals surface area contributed by atoms with Crippen LogP contribution in [0.15, 0.2) is 35.8 Å². The second-order valence-corrected chi connectivity index (χ2v) is 7.65. The number of hydrogen-bond donors (Lipinski definition) is 0. The summed E-state index contributed by atoms with van der Waals surface area (Å²) in [6.45, 7) is 5.64. The summed E-state index contributed by atoms with van der Waals surface area (Å²) in [6.07, 6.45) is 4.43. The molecule has 4 rings (SSSR count). The van der Waals surface area contributed by atoms with Crippen molar-refractivity contribution in [1.29, 1.82) is 0 Å². The number of aromatic nitrogens is 1. The molecule has 2 aromatic rings. The van der Waals surface area contributed by atoms with Crippen LogP contribution in [-0.2, 0) is 22.6 Å². The van der Waals surface area contributed by atoms with Crippen molar-refractivity contribution in [2.45, 2.75) is 51.2 Å². The first-order valence-electron chi connectivity index (χ1n) is 8.71. The van der Waals surface area contributed by atoms with E-state index in [1.54, 1.807) is 0 Å². The first kappa shape index (κ1) is 16.2. The third-order valence-corrected chi connectivity index (χ3v) is 6.14. The van der Waals surface area contributed by atoms with Gasteiger partial charge in [0.15, 0.2) is 0 Å². The molecule has 0 aromatic carbocycles. The molecule has 1 saturated heterocycles. The fraction of sp³-hybridized carbons (Fsp3) is 0.526. The minimum atomic E-state index is 0.184. The molecular weight excluding hydrogens is 320 g/mol. The Hall–Kier alpha value is -1.27. The molecule has 2 aromatic heterocycles. The maximum atomic E-state index is 6.15. The predicted octanol–water partition coefficient (Wildman–Crippen LogP) is 3.40. The molecule has 0 amide bonds. The molecule has 1 saturated carbocycles. The van der Waals surface area contributed by atoms with Crippen LogP contribution in [0.3, 0.4) is 0 Å². The summed E-state index contributed by atoms with van der Waals surface area (Å²) >= 11 is 1.86. The lowest BCUT2D eigenvalue weighted by Crippen LogP contribution is -2.51. The highest BCUT2D eigenvalue weighted by molar-refractivity contribution is 7.10. The van der Waals surface area contributed by atoms with Crippen LogP contribution in [0.4, 0.5) is 0 Å². The molecule has 0 spiro atoms. The van der Waals surface area contributed by atoms with Crippen molar-refractivity contribution < 1.29 is 9.47 Å². The zero-order valence-electron chi connectivity index (χ0n) is 14.1. The normalized spacial score (nSPS) is 27.3. The molecule has 1 aliphatic heterocycles. The van der Waals surface area contributed by atoms with Crippen LogP contribution in [0, 0.1) is 6.92 Å². The summed E-state index contributed by atoms with van der Waals surface area (Å²) < 4.78 is 12.3. The highest BCUT2D eigenvalue weighted by Crippen LogP contribution is 2.34. The minimum Gasteiger partial charge on any atom is -0.373 e. The predicted molar refractivity (Wildman–Crippen MR) is 95.0 cm³/mol. The quantitative estimate of drug-likeness (QED) is 0.833. The molecule has 0 N–H and O–H groups in total. The lowest BCUT2D eigenvalue weighted by molar-refractivity contribution is -0.118. The van der Waals surface area contributed by atoms with Crippen LogP contribution in [0.5, 0.6) is 0 Å². The van der Waals surface area contributed by atoms with Gasteiger partial charge in [-0.2, -0.15) is 0 Å². The van der Waals surface area contributed by atoms with E-state index in [-0.39, 0.29) is 12.2 Å². The zero-order valence-corrected chi connectivity index (χ0v) is 14.9. The number of ether oxygens (including phenoxy) is 2. The zero-order chi connectivity index (χ0) is 16.4. The Balaban J connectivity index is 1.38. The first-order chi connectivity index (χ1) is 11.8. The lowest BCUT2D eigenvalue weighted by Gasteiger charge is -2.39. The highest BCUT2D eigenvalue weighted by Gasteiger charge is 2.43. The number of fused-ring (bicyclic) bond motifs is 1. The van der Waals surface area contributed by atoms with Gasteiger partial charge in [-0.3, -0.25) is 9.88 Å². The molecule has 0 bridgehead atoms. The van der Waals surface area contributed by atoms with Crippen LogP contribution in [0.2, 0.25) is 0 Å². The number of thiophene rings is 1. The number of hydrogen-bond acceptors (Lipinski definition) is 5. The fourth-order valence-electron chi connectivity index (χ4n) is 3.79. The molecule has 4 nitrogen and oxygen atoms in total. The van der Waals surface area contributed by atoms with Crippen LogP contribution >= 0.6 is 11.3 Å². The second kappa shape index (κ2) is 7.31. The van der Waals surface area contributed by atoms with E-state index in [2.05, 4.69) is 28.3 Å². The van der Waals surface area contributed by atoms with Crippen molar-refractivity contribution in [3.8, 4) is 0 Å². The maximum absolute atomic E-state index is 6.15. The standard InChI is InChI=1S/C19H24N2O2S/c1-14-7-11-24-18(14)12-21-9-10-22-19-16(21)5-6-17(19)23-13-15-4-2-3-8-20-15/h2-4,7-8,11,16-17,19H,5-6,9-10,12-13H2,1H3/t16-,17+,19+/m0/s1. The molecule has 3 heterocycles. The van der Waals surface area contributed by atoms with E-state index in [1.807, 2.05) is 35.7 Å². The molecule has 1 aliphatic carbocycles. The van der Waals surface area contributed by atoms with Crippen molar-refractivity contribution in [3.05, 3.63) is 52.0 Å². The van der Waals surface area contributed by atoms with Crippen LogP contribution in [0.25, 0.3) is 0 Å². The van der Waals surface area contributed by atoms with E-state index in [9.17, 15) is 0 Å². The molecular formula is C19H24N2O2S. The Kier molecular flexibility index (Phi) is 4.94. The number of rotatable bonds is 5. The minimum absolute atomic E-state index is 0.184. The number of nitrogens with zero attached hydrogens (tertiary/aromatic N) is 2. The van der Waals surface area contributed by atoms with Crippen molar-refractivity contribution in [2.75, 3.05) is 13.2 Å². The topological polar surface area (TPSA) is 34.6 Å². The summed E-state index contributed by atoms with van der Waals surface area (Å²) in [5, 5.41) is 2.19. The van der Waals surface area contributed by atoms with Gasteiger partial charge in [0.05, 0.1) is 31.1 Å². The SMILES string of the molecule is Cc1ccsc1CN1CCO[C@H]2[C@H](OCc3ccccn3)CC[C@@H]21. The Labute approximate surface area is 147 Å². The smallest absolute Gasteiger partial charge is 0.0992 e. The van der Waals surface area contributed by atoms with Gasteiger partial charge in [-0.05, 0) is 48.9 Å². The average Bonchev–Trinajstić information content (AvgIpc) is 3.21. The largest absolute Gasteiger partial charge is 0.373 e. The van der Waals surface area contributed by atoms with E-state index in [4.69, 9.17) is 9.47 Å². The Morgan fingerprint density at radius 2 is 2.29 bits per heavy atom. The monoisotopic (exact) mass is 344 g/mol. The maximum Gasteiger partial charge on any atom is 0.0992 e. The number of pyridine rings is 1. The van der Waals surface area contributed by atoms with Gasteiger partial charge in [-0.25, -0.2) is 0 Å². The average molecular weight is 344 g/mol. The number of aryl methyl sites for hydroxylation is 1. The summed E-state index contributed by atoms with van der Waals surface area (Å²) in [5.74, 6) is 0. The third kappa shape index (κ3) is 3.40. The lowest BCUT2D eigenvalue weighted by atomic mass is 10.1. The van der Waals surface area contributed by atoms with Gasteiger partial charge in [-0.1, -0.05) is 6.07 Å². The van der Waals surface area contributed by atoms with E-state index < -0.39 is 0 Å². The van der Waals surface area contributed by atoms with Gasteiger partial charge in [0, 0.05) is 30.2 Å². The van der Waals surface area contributed by atoms with E-state index in [0.29, 0.717) is 12.6 Å². The van der Waals surface area contributed by atoms with E-state index in [1.165, 1.54) is 10.4 Å². The highest BCUT2D eigenvalue weighted by atomic mass is 32.1. The molecule has 128 valence electrons. The molecule has 2 aliphatic rings. The molecule has 0 unspecified atom stereocenters. The second-order valence-electron chi connectivity index (χ2n) is 6.65. The summed E-state index contributed by atoms with van der Waals surface area (Å²) in [7, 11) is 0. The molecule has 5 heteroatoms. The summed E-state index contributed by atoms with van der Waals surface area (Å²) in [6, 6.07) is 8.65. The van der Waals surface area contributed by atoms with Crippen LogP contribution in [-0.4, -0.2) is 41.3 Å². The van der Waals surface area contributed by atoms with Crippen LogP contribution < -0.4 is 0 Å². The van der Waals surface area contributed by atoms with Gasteiger partial charge in [-0.15, -0.1) is 11.3 Å². The third-order valence-electron chi connectivity index (χ3n) is 5.14. The van der Waals surface area contributed by atoms with Crippen molar-refractivity contribution in [3.63, 3.8) is 0 Å². The first-order valence-corrected chi connectivity index (χ1v) is 9.59. The van der Waals surface area contributed by atoms with Gasteiger partial charge in [0.1, 0.15) is 0 Å². The molecule has 3 atom stereocenters. The summed E-state index contributed by atoms with van der Waals surface area (Å²) in [5.41, 5.74) is 2.40. The van der Waals surface area contributed by atoms with Gasteiger partial charge in [0.25, 0.3) is 0 Å². The molecule has 24 heavy (non-hydrogen) atoms. The van der Waals surface area contributed by atoms with E-state index in [0.717, 1.165) is 38.2 Å². The van der Waals surface area contributed by atoms with E-state index >= 15 is 0 Å². The van der Waals surface area contributed by atoms with Gasteiger partial charge < -0.3 is 9.47 Å². The van der Waals surface area contributed by atoms with Crippen molar-refractivity contribution >= 4 is 11.3 Å². The van der Waals surface area contributed by atoms with Gasteiger partial charge >= 0.3 is 0 Å². The fourth-order valence-corrected chi connectivity index (χ4v) is 4.72. The van der Waals surface area contributed by atoms with Gasteiger partial charge in [0.2, 0.25) is 0 Å². The van der Waals surface area contributed by atoms with Crippen molar-refractivity contribution in [2.24, 2.45) is 0 Å². The number of morpholine rings is 1. The molecule has 2 fully saturated rings. The Morgan fingerprint density at radius 3 is 3.08 bits per heavy atom.